The van der Waals surface area contributed by atoms with Crippen LogP contribution in [0, 0.1) is 36.5 Å². The number of benzene rings is 1. The van der Waals surface area contributed by atoms with Crippen LogP contribution in [0.25, 0.3) is 0 Å². The van der Waals surface area contributed by atoms with Crippen LogP contribution in [0.15, 0.2) is 24.3 Å². The predicted molar refractivity (Wildman–Crippen MR) is 83.4 cm³/mol. The molecule has 4 aliphatic carbocycles. The normalized spacial score (nSPS) is 40.0. The van der Waals surface area contributed by atoms with Gasteiger partial charge in [0.15, 0.2) is 0 Å². The third-order valence-electron chi connectivity index (χ3n) is 6.39. The molecule has 4 fully saturated rings. The van der Waals surface area contributed by atoms with Crippen molar-refractivity contribution < 1.29 is 0 Å². The van der Waals surface area contributed by atoms with Gasteiger partial charge in [-0.2, -0.15) is 0 Å². The van der Waals surface area contributed by atoms with E-state index in [-0.39, 0.29) is 0 Å². The van der Waals surface area contributed by atoms with E-state index in [1.807, 2.05) is 0 Å². The van der Waals surface area contributed by atoms with E-state index in [1.165, 1.54) is 43.2 Å². The van der Waals surface area contributed by atoms with Crippen LogP contribution in [0.2, 0.25) is 0 Å². The molecule has 0 heterocycles. The van der Waals surface area contributed by atoms with Gasteiger partial charge in [0, 0.05) is 6.04 Å². The van der Waals surface area contributed by atoms with Crippen molar-refractivity contribution in [3.8, 4) is 0 Å². The number of hydrogen-bond acceptors (Lipinski definition) is 1. The summed E-state index contributed by atoms with van der Waals surface area (Å²) in [6.45, 7) is 2.15. The molecule has 4 aliphatic rings. The van der Waals surface area contributed by atoms with Crippen molar-refractivity contribution >= 4 is 0 Å². The smallest absolute Gasteiger partial charge is 0.0113 e. The van der Waals surface area contributed by atoms with Crippen LogP contribution >= 0.6 is 0 Å². The van der Waals surface area contributed by atoms with E-state index in [9.17, 15) is 0 Å². The molecular formula is C19H27N. The van der Waals surface area contributed by atoms with Crippen LogP contribution in [0.3, 0.4) is 0 Å². The van der Waals surface area contributed by atoms with Crippen LogP contribution < -0.4 is 5.73 Å². The topological polar surface area (TPSA) is 26.0 Å². The zero-order valence-electron chi connectivity index (χ0n) is 12.6. The molecule has 1 nitrogen and oxygen atoms in total. The zero-order chi connectivity index (χ0) is 13.7. The highest BCUT2D eigenvalue weighted by Gasteiger charge is 2.49. The van der Waals surface area contributed by atoms with Gasteiger partial charge in [0.1, 0.15) is 0 Å². The van der Waals surface area contributed by atoms with Crippen LogP contribution in [0.5, 0.6) is 0 Å². The highest BCUT2D eigenvalue weighted by molar-refractivity contribution is 5.22. The van der Waals surface area contributed by atoms with Gasteiger partial charge >= 0.3 is 0 Å². The molecule has 5 rings (SSSR count). The molecule has 0 amide bonds. The molecule has 0 aliphatic heterocycles. The van der Waals surface area contributed by atoms with E-state index >= 15 is 0 Å². The Hall–Kier alpha value is -0.820. The van der Waals surface area contributed by atoms with Gasteiger partial charge in [-0.25, -0.2) is 0 Å². The summed E-state index contributed by atoms with van der Waals surface area (Å²) in [7, 11) is 0. The third kappa shape index (κ3) is 2.20. The van der Waals surface area contributed by atoms with Gasteiger partial charge in [-0.15, -0.1) is 0 Å². The number of hydrogen-bond donors (Lipinski definition) is 1. The molecule has 0 radical (unpaired) electrons. The second-order valence-electron chi connectivity index (χ2n) is 7.86. The molecule has 0 saturated heterocycles. The van der Waals surface area contributed by atoms with Gasteiger partial charge in [-0.05, 0) is 80.6 Å². The zero-order valence-corrected chi connectivity index (χ0v) is 12.6. The molecule has 0 aromatic heterocycles. The van der Waals surface area contributed by atoms with Crippen molar-refractivity contribution in [3.05, 3.63) is 35.4 Å². The first-order valence-corrected chi connectivity index (χ1v) is 8.50. The lowest BCUT2D eigenvalue weighted by Gasteiger charge is -2.56. The number of aryl methyl sites for hydroxylation is 1. The highest BCUT2D eigenvalue weighted by atomic mass is 14.7. The fraction of sp³-hybridized carbons (Fsp3) is 0.684. The van der Waals surface area contributed by atoms with Crippen LogP contribution in [0.4, 0.5) is 0 Å². The van der Waals surface area contributed by atoms with Crippen molar-refractivity contribution in [1.82, 2.24) is 0 Å². The second-order valence-corrected chi connectivity index (χ2v) is 7.86. The Morgan fingerprint density at radius 3 is 2.05 bits per heavy atom. The summed E-state index contributed by atoms with van der Waals surface area (Å²) in [5.74, 6) is 4.82. The van der Waals surface area contributed by atoms with E-state index in [0.717, 1.165) is 36.0 Å². The lowest BCUT2D eigenvalue weighted by Crippen LogP contribution is -2.52. The third-order valence-corrected chi connectivity index (χ3v) is 6.39. The van der Waals surface area contributed by atoms with Gasteiger partial charge in [0.2, 0.25) is 0 Å². The van der Waals surface area contributed by atoms with E-state index in [4.69, 9.17) is 5.73 Å². The molecule has 2 N–H and O–H groups in total. The highest BCUT2D eigenvalue weighted by Crippen LogP contribution is 2.57. The molecular weight excluding hydrogens is 242 g/mol. The fourth-order valence-corrected chi connectivity index (χ4v) is 5.80. The minimum atomic E-state index is 0.382. The van der Waals surface area contributed by atoms with Crippen molar-refractivity contribution in [3.63, 3.8) is 0 Å². The Morgan fingerprint density at radius 2 is 1.50 bits per heavy atom. The van der Waals surface area contributed by atoms with Crippen LogP contribution in [-0.4, -0.2) is 6.04 Å². The maximum Gasteiger partial charge on any atom is 0.0113 e. The first-order valence-electron chi connectivity index (χ1n) is 8.50. The van der Waals surface area contributed by atoms with Gasteiger partial charge in [-0.3, -0.25) is 0 Å². The summed E-state index contributed by atoms with van der Waals surface area (Å²) in [6, 6.07) is 9.36. The first kappa shape index (κ1) is 12.9. The van der Waals surface area contributed by atoms with Crippen molar-refractivity contribution in [2.24, 2.45) is 35.3 Å². The standard InChI is InChI=1S/C19H27N/c1-12-2-4-13(5-3-12)11-18(20)19-16-7-14-6-15(9-16)10-17(19)8-14/h2-5,14-19H,6-11,20H2,1H3. The molecule has 1 unspecified atom stereocenters. The van der Waals surface area contributed by atoms with Crippen molar-refractivity contribution in [1.29, 1.82) is 0 Å². The SMILES string of the molecule is Cc1ccc(CC(N)C2C3CC4CC(C3)CC2C4)cc1. The largest absolute Gasteiger partial charge is 0.327 e. The molecule has 1 aromatic rings. The van der Waals surface area contributed by atoms with Gasteiger partial charge in [0.25, 0.3) is 0 Å². The Kier molecular flexibility index (Phi) is 3.14. The van der Waals surface area contributed by atoms with E-state index in [0.29, 0.717) is 6.04 Å². The summed E-state index contributed by atoms with van der Waals surface area (Å²) in [5.41, 5.74) is 9.44. The number of nitrogens with two attached hydrogens (primary N) is 1. The summed E-state index contributed by atoms with van der Waals surface area (Å²) in [6.07, 6.45) is 8.55. The lowest BCUT2D eigenvalue weighted by atomic mass is 9.50. The van der Waals surface area contributed by atoms with E-state index in [2.05, 4.69) is 31.2 Å². The fourth-order valence-electron chi connectivity index (χ4n) is 5.80. The monoisotopic (exact) mass is 269 g/mol. The van der Waals surface area contributed by atoms with Crippen molar-refractivity contribution in [2.75, 3.05) is 0 Å². The van der Waals surface area contributed by atoms with Gasteiger partial charge < -0.3 is 5.73 Å². The molecule has 108 valence electrons. The Bertz CT molecular complexity index is 447. The van der Waals surface area contributed by atoms with Crippen LogP contribution in [0.1, 0.15) is 43.2 Å². The maximum absolute atomic E-state index is 6.67. The minimum Gasteiger partial charge on any atom is -0.327 e. The summed E-state index contributed by atoms with van der Waals surface area (Å²) in [4.78, 5) is 0. The molecule has 1 aromatic carbocycles. The predicted octanol–water partition coefficient (Wildman–Crippen LogP) is 3.94. The molecule has 1 heteroatoms. The summed E-state index contributed by atoms with van der Waals surface area (Å²) < 4.78 is 0. The van der Waals surface area contributed by atoms with Crippen LogP contribution in [-0.2, 0) is 6.42 Å². The summed E-state index contributed by atoms with van der Waals surface area (Å²) in [5, 5.41) is 0. The minimum absolute atomic E-state index is 0.382. The average molecular weight is 269 g/mol. The van der Waals surface area contributed by atoms with E-state index < -0.39 is 0 Å². The van der Waals surface area contributed by atoms with E-state index in [1.54, 1.807) is 0 Å². The van der Waals surface area contributed by atoms with Crippen molar-refractivity contribution in [2.45, 2.75) is 51.5 Å². The quantitative estimate of drug-likeness (QED) is 0.884. The Morgan fingerprint density at radius 1 is 0.950 bits per heavy atom. The first-order chi connectivity index (χ1) is 9.69. The molecule has 4 saturated carbocycles. The molecule has 1 atom stereocenters. The van der Waals surface area contributed by atoms with Gasteiger partial charge in [0.05, 0.1) is 0 Å². The molecule has 4 bridgehead atoms. The molecule has 0 spiro atoms. The summed E-state index contributed by atoms with van der Waals surface area (Å²) >= 11 is 0. The number of rotatable bonds is 3. The van der Waals surface area contributed by atoms with Gasteiger partial charge in [-0.1, -0.05) is 29.8 Å². The maximum atomic E-state index is 6.67. The Labute approximate surface area is 122 Å². The second kappa shape index (κ2) is 4.87. The molecule has 20 heavy (non-hydrogen) atoms. The average Bonchev–Trinajstić information content (AvgIpc) is 2.40. The lowest BCUT2D eigenvalue weighted by molar-refractivity contribution is -0.0464. The Balaban J connectivity index is 1.48.